The van der Waals surface area contributed by atoms with Crippen molar-refractivity contribution in [2.45, 2.75) is 25.3 Å². The van der Waals surface area contributed by atoms with Crippen molar-refractivity contribution in [1.82, 2.24) is 14.6 Å². The molecule has 0 saturated carbocycles. The van der Waals surface area contributed by atoms with E-state index in [-0.39, 0.29) is 35.7 Å². The van der Waals surface area contributed by atoms with Crippen LogP contribution >= 0.6 is 0 Å². The van der Waals surface area contributed by atoms with Crippen molar-refractivity contribution >= 4 is 17.2 Å². The predicted molar refractivity (Wildman–Crippen MR) is 93.9 cm³/mol. The van der Waals surface area contributed by atoms with Gasteiger partial charge in [0.1, 0.15) is 16.9 Å². The summed E-state index contributed by atoms with van der Waals surface area (Å²) in [6.45, 7) is 1.30. The number of amides is 1. The Morgan fingerprint density at radius 2 is 2.24 bits per heavy atom. The number of ether oxygens (including phenoxy) is 2. The van der Waals surface area contributed by atoms with Crippen LogP contribution in [0.5, 0.6) is 11.5 Å². The molecule has 1 aromatic carbocycles. The molecule has 11 heteroatoms. The average molecular weight is 408 g/mol. The van der Waals surface area contributed by atoms with E-state index in [1.54, 1.807) is 19.2 Å². The summed E-state index contributed by atoms with van der Waals surface area (Å²) in [5.41, 5.74) is -0.287. The van der Waals surface area contributed by atoms with Gasteiger partial charge in [-0.15, -0.1) is 13.2 Å². The number of nitrogens with one attached hydrogen (secondary N) is 1. The first-order valence-corrected chi connectivity index (χ1v) is 8.50. The first-order chi connectivity index (χ1) is 13.7. The van der Waals surface area contributed by atoms with E-state index in [2.05, 4.69) is 20.1 Å². The summed E-state index contributed by atoms with van der Waals surface area (Å²) in [5.74, 6) is -1.18. The van der Waals surface area contributed by atoms with Gasteiger partial charge in [-0.1, -0.05) is 0 Å². The first kappa shape index (κ1) is 19.0. The van der Waals surface area contributed by atoms with Gasteiger partial charge in [0.2, 0.25) is 0 Å². The van der Waals surface area contributed by atoms with Gasteiger partial charge in [0, 0.05) is 30.4 Å². The number of fused-ring (bicyclic) bond motifs is 2. The van der Waals surface area contributed by atoms with Gasteiger partial charge < -0.3 is 19.9 Å². The van der Waals surface area contributed by atoms with Gasteiger partial charge in [-0.05, 0) is 19.1 Å². The third kappa shape index (κ3) is 3.68. The summed E-state index contributed by atoms with van der Waals surface area (Å²) in [6, 6.07) is 4.01. The molecule has 3 heterocycles. The molecule has 2 N–H and O–H groups in total. The minimum atomic E-state index is -4.97. The second-order valence-electron chi connectivity index (χ2n) is 6.79. The molecule has 4 rings (SSSR count). The van der Waals surface area contributed by atoms with Crippen LogP contribution < -0.4 is 14.8 Å². The maximum atomic E-state index is 12.9. The summed E-state index contributed by atoms with van der Waals surface area (Å²) < 4.78 is 49.6. The van der Waals surface area contributed by atoms with Crippen LogP contribution in [0.1, 0.15) is 22.8 Å². The van der Waals surface area contributed by atoms with Gasteiger partial charge in [0.15, 0.2) is 11.4 Å². The number of carbonyl (C=O) groups excluding carboxylic acids is 1. The summed E-state index contributed by atoms with van der Waals surface area (Å²) in [5, 5.41) is 15.9. The zero-order valence-corrected chi connectivity index (χ0v) is 15.0. The highest BCUT2D eigenvalue weighted by atomic mass is 19.4. The molecule has 29 heavy (non-hydrogen) atoms. The van der Waals surface area contributed by atoms with Crippen molar-refractivity contribution in [2.24, 2.45) is 0 Å². The van der Waals surface area contributed by atoms with E-state index in [9.17, 15) is 23.1 Å². The average Bonchev–Trinajstić information content (AvgIpc) is 3.21. The highest BCUT2D eigenvalue weighted by molar-refractivity contribution is 6.08. The highest BCUT2D eigenvalue weighted by Gasteiger charge is 2.38. The fourth-order valence-electron chi connectivity index (χ4n) is 3.12. The normalized spacial score (nSPS) is 18.4. The van der Waals surface area contributed by atoms with E-state index >= 15 is 0 Å². The minimum absolute atomic E-state index is 0.0838. The standard InChI is InChI=1S/C18H15F3N4O4/c1-17(9-26)7-10-5-12(14(6-13(10)28-17)29-18(19,20)21)24-16(27)11-8-23-25-4-2-3-22-15(11)25/h2-6,8,26H,7,9H2,1H3,(H,24,27)/t17-/m0/s1. The van der Waals surface area contributed by atoms with Crippen LogP contribution in [0.25, 0.3) is 5.65 Å². The van der Waals surface area contributed by atoms with Crippen LogP contribution in [0.4, 0.5) is 18.9 Å². The molecule has 1 atom stereocenters. The Kier molecular flexibility index (Phi) is 4.34. The largest absolute Gasteiger partial charge is 0.573 e. The number of carbonyl (C=O) groups is 1. The zero-order chi connectivity index (χ0) is 20.8. The van der Waals surface area contributed by atoms with E-state index in [0.717, 1.165) is 6.07 Å². The van der Waals surface area contributed by atoms with Crippen molar-refractivity contribution in [2.75, 3.05) is 11.9 Å². The zero-order valence-electron chi connectivity index (χ0n) is 15.0. The number of benzene rings is 1. The number of alkyl halides is 3. The molecular formula is C18H15F3N4O4. The van der Waals surface area contributed by atoms with Crippen LogP contribution in [-0.4, -0.2) is 44.2 Å². The Bertz CT molecular complexity index is 1100. The molecule has 0 bridgehead atoms. The number of halogens is 3. The molecule has 0 aliphatic carbocycles. The maximum Gasteiger partial charge on any atom is 0.573 e. The van der Waals surface area contributed by atoms with E-state index in [0.29, 0.717) is 5.56 Å². The molecule has 0 fully saturated rings. The summed E-state index contributed by atoms with van der Waals surface area (Å²) in [4.78, 5) is 16.7. The molecule has 8 nitrogen and oxygen atoms in total. The number of hydrogen-bond acceptors (Lipinski definition) is 6. The first-order valence-electron chi connectivity index (χ1n) is 8.50. The van der Waals surface area contributed by atoms with Gasteiger partial charge in [-0.25, -0.2) is 9.50 Å². The highest BCUT2D eigenvalue weighted by Crippen LogP contribution is 2.43. The Morgan fingerprint density at radius 1 is 1.45 bits per heavy atom. The third-order valence-corrected chi connectivity index (χ3v) is 4.42. The molecular weight excluding hydrogens is 393 g/mol. The van der Waals surface area contributed by atoms with Crippen LogP contribution in [-0.2, 0) is 6.42 Å². The van der Waals surface area contributed by atoms with E-state index in [1.165, 1.54) is 23.0 Å². The van der Waals surface area contributed by atoms with Crippen molar-refractivity contribution in [1.29, 1.82) is 0 Å². The van der Waals surface area contributed by atoms with Gasteiger partial charge >= 0.3 is 6.36 Å². The van der Waals surface area contributed by atoms with Crippen molar-refractivity contribution < 1.29 is 32.5 Å². The van der Waals surface area contributed by atoms with E-state index in [4.69, 9.17) is 4.74 Å². The molecule has 1 aliphatic heterocycles. The summed E-state index contributed by atoms with van der Waals surface area (Å²) in [6.07, 6.45) is -0.402. The van der Waals surface area contributed by atoms with E-state index in [1.807, 2.05) is 0 Å². The lowest BCUT2D eigenvalue weighted by molar-refractivity contribution is -0.274. The lowest BCUT2D eigenvalue weighted by Crippen LogP contribution is -2.34. The number of aromatic nitrogens is 3. The predicted octanol–water partition coefficient (Wildman–Crippen LogP) is 2.57. The summed E-state index contributed by atoms with van der Waals surface area (Å²) in [7, 11) is 0. The SMILES string of the molecule is C[C@@]1(CO)Cc2cc(NC(=O)c3cnn4cccnc34)c(OC(F)(F)F)cc2O1. The molecule has 1 amide bonds. The number of rotatable bonds is 4. The van der Waals surface area contributed by atoms with Gasteiger partial charge in [0.25, 0.3) is 5.91 Å². The Hall–Kier alpha value is -3.34. The number of nitrogens with zero attached hydrogens (tertiary/aromatic N) is 3. The maximum absolute atomic E-state index is 12.9. The molecule has 0 saturated heterocycles. The van der Waals surface area contributed by atoms with Crippen molar-refractivity contribution in [3.63, 3.8) is 0 Å². The van der Waals surface area contributed by atoms with Crippen LogP contribution in [0, 0.1) is 0 Å². The molecule has 0 radical (unpaired) electrons. The molecule has 1 aliphatic rings. The lowest BCUT2D eigenvalue weighted by atomic mass is 10.00. The Balaban J connectivity index is 1.70. The number of anilines is 1. The van der Waals surface area contributed by atoms with Crippen LogP contribution in [0.2, 0.25) is 0 Å². The quantitative estimate of drug-likeness (QED) is 0.689. The third-order valence-electron chi connectivity index (χ3n) is 4.42. The smallest absolute Gasteiger partial charge is 0.484 e. The van der Waals surface area contributed by atoms with Crippen LogP contribution in [0.3, 0.4) is 0 Å². The fraction of sp³-hybridized carbons (Fsp3) is 0.278. The minimum Gasteiger partial charge on any atom is -0.484 e. The topological polar surface area (TPSA) is 98.0 Å². The number of aliphatic hydroxyl groups excluding tert-OH is 1. The van der Waals surface area contributed by atoms with Gasteiger partial charge in [-0.3, -0.25) is 4.79 Å². The van der Waals surface area contributed by atoms with E-state index < -0.39 is 23.6 Å². The number of aliphatic hydroxyl groups is 1. The fourth-order valence-corrected chi connectivity index (χ4v) is 3.12. The summed E-state index contributed by atoms with van der Waals surface area (Å²) >= 11 is 0. The monoisotopic (exact) mass is 408 g/mol. The van der Waals surface area contributed by atoms with Crippen LogP contribution in [0.15, 0.2) is 36.8 Å². The Labute approximate surface area is 161 Å². The second kappa shape index (κ2) is 6.62. The molecule has 3 aromatic rings. The lowest BCUT2D eigenvalue weighted by Gasteiger charge is -2.20. The second-order valence-corrected chi connectivity index (χ2v) is 6.79. The number of hydrogen-bond donors (Lipinski definition) is 2. The Morgan fingerprint density at radius 3 is 2.97 bits per heavy atom. The van der Waals surface area contributed by atoms with Gasteiger partial charge in [-0.2, -0.15) is 5.10 Å². The molecule has 0 spiro atoms. The molecule has 152 valence electrons. The molecule has 2 aromatic heterocycles. The van der Waals surface area contributed by atoms with Crippen molar-refractivity contribution in [3.05, 3.63) is 47.9 Å². The molecule has 0 unspecified atom stereocenters. The van der Waals surface area contributed by atoms with Gasteiger partial charge in [0.05, 0.1) is 18.5 Å². The van der Waals surface area contributed by atoms with Crippen molar-refractivity contribution in [3.8, 4) is 11.5 Å².